The Hall–Kier alpha value is -4.10. The number of anilines is 2. The van der Waals surface area contributed by atoms with Gasteiger partial charge in [0.1, 0.15) is 29.9 Å². The first-order valence-electron chi connectivity index (χ1n) is 16.1. The Kier molecular flexibility index (Phi) is 9.10. The lowest BCUT2D eigenvalue weighted by atomic mass is 9.95. The SMILES string of the molecule is Nc1nc2c(-c3c(C(F)F)cc4c(N5CC6CCC(C5)N6)nc(OC[C@@]56CCCN5C[C@H](F)C6)nc4c3F)ccc(F)c2s1.O=C(O)C(F)(F)F. The zero-order valence-corrected chi connectivity index (χ0v) is 27.4. The molecule has 0 amide bonds. The summed E-state index contributed by atoms with van der Waals surface area (Å²) >= 11 is 0.860. The molecule has 4 atom stereocenters. The number of carbonyl (C=O) groups is 1. The van der Waals surface area contributed by atoms with E-state index in [2.05, 4.69) is 25.2 Å². The van der Waals surface area contributed by atoms with Crippen molar-refractivity contribution in [1.82, 2.24) is 25.2 Å². The Labute approximate surface area is 288 Å². The van der Waals surface area contributed by atoms with E-state index >= 15 is 4.39 Å². The minimum absolute atomic E-state index is 0.000446. The second-order valence-corrected chi connectivity index (χ2v) is 14.2. The number of aromatic nitrogens is 3. The number of nitrogens with two attached hydrogens (primary N) is 1. The minimum atomic E-state index is -5.08. The molecule has 51 heavy (non-hydrogen) atoms. The van der Waals surface area contributed by atoms with E-state index in [0.717, 1.165) is 49.6 Å². The number of carboxylic acids is 1. The highest BCUT2D eigenvalue weighted by atomic mass is 32.1. The molecular formula is C32H31F8N7O3S. The molecule has 4 N–H and O–H groups in total. The van der Waals surface area contributed by atoms with Crippen LogP contribution >= 0.6 is 11.3 Å². The van der Waals surface area contributed by atoms with Crippen LogP contribution in [0.4, 0.5) is 46.1 Å². The van der Waals surface area contributed by atoms with Gasteiger partial charge in [0, 0.05) is 60.2 Å². The van der Waals surface area contributed by atoms with Crippen LogP contribution in [0.15, 0.2) is 18.2 Å². The van der Waals surface area contributed by atoms with Crippen LogP contribution in [-0.2, 0) is 4.79 Å². The largest absolute Gasteiger partial charge is 0.490 e. The number of piperazine rings is 1. The summed E-state index contributed by atoms with van der Waals surface area (Å²) in [5.74, 6) is -4.08. The molecule has 6 heterocycles. The van der Waals surface area contributed by atoms with Gasteiger partial charge in [0.2, 0.25) is 0 Å². The van der Waals surface area contributed by atoms with Gasteiger partial charge in [-0.2, -0.15) is 23.1 Å². The second-order valence-electron chi connectivity index (χ2n) is 13.2. The molecule has 10 nitrogen and oxygen atoms in total. The van der Waals surface area contributed by atoms with Crippen LogP contribution in [0.1, 0.15) is 44.1 Å². The number of nitrogens with zero attached hydrogens (tertiary/aromatic N) is 5. The molecule has 8 rings (SSSR count). The molecule has 4 aromatic rings. The first-order valence-corrected chi connectivity index (χ1v) is 17.0. The maximum Gasteiger partial charge on any atom is 0.490 e. The maximum atomic E-state index is 16.8. The number of carboxylic acid groups (broad SMARTS) is 1. The first kappa shape index (κ1) is 35.3. The molecule has 4 aliphatic rings. The normalized spacial score (nSPS) is 24.7. The van der Waals surface area contributed by atoms with Crippen molar-refractivity contribution in [3.05, 3.63) is 35.4 Å². The van der Waals surface area contributed by atoms with Gasteiger partial charge in [-0.25, -0.2) is 31.7 Å². The van der Waals surface area contributed by atoms with Crippen molar-refractivity contribution in [3.63, 3.8) is 0 Å². The van der Waals surface area contributed by atoms with E-state index in [1.807, 2.05) is 4.90 Å². The van der Waals surface area contributed by atoms with Crippen LogP contribution in [0.5, 0.6) is 6.01 Å². The number of aliphatic carboxylic acids is 1. The summed E-state index contributed by atoms with van der Waals surface area (Å²) in [4.78, 5) is 26.2. The van der Waals surface area contributed by atoms with Gasteiger partial charge in [0.15, 0.2) is 10.9 Å². The predicted octanol–water partition coefficient (Wildman–Crippen LogP) is 6.23. The zero-order valence-electron chi connectivity index (χ0n) is 26.6. The lowest BCUT2D eigenvalue weighted by Gasteiger charge is -2.35. The summed E-state index contributed by atoms with van der Waals surface area (Å²) < 4.78 is 113. The summed E-state index contributed by atoms with van der Waals surface area (Å²) in [6, 6.07) is 3.84. The maximum absolute atomic E-state index is 16.8. The highest BCUT2D eigenvalue weighted by Gasteiger charge is 2.49. The Morgan fingerprint density at radius 2 is 1.82 bits per heavy atom. The lowest BCUT2D eigenvalue weighted by Crippen LogP contribution is -2.51. The van der Waals surface area contributed by atoms with Gasteiger partial charge in [-0.15, -0.1) is 0 Å². The number of nitrogen functional groups attached to an aromatic ring is 1. The number of benzene rings is 2. The molecule has 4 fully saturated rings. The number of rotatable bonds is 6. The van der Waals surface area contributed by atoms with Crippen LogP contribution in [-0.4, -0.2) is 93.7 Å². The van der Waals surface area contributed by atoms with Gasteiger partial charge < -0.3 is 25.8 Å². The third-order valence-corrected chi connectivity index (χ3v) is 10.8. The van der Waals surface area contributed by atoms with Crippen LogP contribution in [0.3, 0.4) is 0 Å². The van der Waals surface area contributed by atoms with Crippen molar-refractivity contribution in [3.8, 4) is 17.1 Å². The number of fused-ring (bicyclic) bond motifs is 5. The van der Waals surface area contributed by atoms with Crippen molar-refractivity contribution >= 4 is 49.4 Å². The smallest absolute Gasteiger partial charge is 0.475 e. The van der Waals surface area contributed by atoms with E-state index in [9.17, 15) is 30.7 Å². The molecule has 19 heteroatoms. The van der Waals surface area contributed by atoms with E-state index in [0.29, 0.717) is 31.9 Å². The summed E-state index contributed by atoms with van der Waals surface area (Å²) in [5, 5.41) is 10.8. The number of hydrogen-bond donors (Lipinski definition) is 3. The predicted molar refractivity (Wildman–Crippen MR) is 172 cm³/mol. The minimum Gasteiger partial charge on any atom is -0.475 e. The standard InChI is InChI=1S/C30H30F5N7OS.C2HF3O2/c31-14-9-30(6-1-7-42(30)10-14)13-43-29-39-23-19(27(40-29)41-11-15-2-3-16(12-41)37-15)8-18(26(34)35)21(22(23)33)17-4-5-20(32)25-24(17)38-28(36)44-25;3-2(4,5)1(6)7/h4-5,8,14-16,26,37H,1-3,6-7,9-13H2,(H2,36,38);(H,6,7)/t14-,15?,16?,30+;/m1./s1. The number of nitrogens with one attached hydrogen (secondary N) is 1. The number of thiazole rings is 1. The Bertz CT molecular complexity index is 1990. The first-order chi connectivity index (χ1) is 24.1. The molecule has 2 unspecified atom stereocenters. The molecule has 0 saturated carbocycles. The number of alkyl halides is 6. The molecule has 2 bridgehead atoms. The summed E-state index contributed by atoms with van der Waals surface area (Å²) in [5.41, 5.74) is 4.16. The van der Waals surface area contributed by atoms with E-state index < -0.39 is 53.0 Å². The third kappa shape index (κ3) is 6.59. The molecule has 4 aliphatic heterocycles. The highest BCUT2D eigenvalue weighted by Crippen LogP contribution is 2.45. The molecule has 0 aliphatic carbocycles. The fourth-order valence-electron chi connectivity index (χ4n) is 7.77. The monoisotopic (exact) mass is 745 g/mol. The van der Waals surface area contributed by atoms with Crippen LogP contribution < -0.4 is 20.7 Å². The van der Waals surface area contributed by atoms with Gasteiger partial charge >= 0.3 is 18.2 Å². The molecule has 2 aromatic carbocycles. The Morgan fingerprint density at radius 1 is 1.12 bits per heavy atom. The molecule has 2 aromatic heterocycles. The molecular weight excluding hydrogens is 714 g/mol. The molecule has 0 radical (unpaired) electrons. The van der Waals surface area contributed by atoms with Gasteiger partial charge in [-0.05, 0) is 50.4 Å². The second kappa shape index (κ2) is 13.1. The lowest BCUT2D eigenvalue weighted by molar-refractivity contribution is -0.192. The number of ether oxygens (including phenoxy) is 1. The summed E-state index contributed by atoms with van der Waals surface area (Å²) in [6.45, 7) is 2.38. The summed E-state index contributed by atoms with van der Waals surface area (Å²) in [7, 11) is 0. The van der Waals surface area contributed by atoms with Crippen molar-refractivity contribution < 1.29 is 49.8 Å². The fraction of sp³-hybridized carbons (Fsp3) is 0.500. The van der Waals surface area contributed by atoms with Gasteiger partial charge in [-0.3, -0.25) is 4.90 Å². The third-order valence-electron chi connectivity index (χ3n) is 9.93. The molecule has 274 valence electrons. The van der Waals surface area contributed by atoms with Gasteiger partial charge in [0.05, 0.1) is 15.8 Å². The topological polar surface area (TPSA) is 130 Å². The Morgan fingerprint density at radius 3 is 2.49 bits per heavy atom. The number of halogens is 8. The average Bonchev–Trinajstić information content (AvgIpc) is 3.82. The van der Waals surface area contributed by atoms with Gasteiger partial charge in [-0.1, -0.05) is 11.3 Å². The van der Waals surface area contributed by atoms with Crippen LogP contribution in [0.25, 0.3) is 32.2 Å². The van der Waals surface area contributed by atoms with Crippen molar-refractivity contribution in [2.24, 2.45) is 0 Å². The van der Waals surface area contributed by atoms with E-state index in [4.69, 9.17) is 20.4 Å². The zero-order chi connectivity index (χ0) is 36.4. The van der Waals surface area contributed by atoms with E-state index in [-0.39, 0.29) is 56.5 Å². The van der Waals surface area contributed by atoms with E-state index in [1.165, 1.54) is 12.1 Å². The quantitative estimate of drug-likeness (QED) is 0.195. The van der Waals surface area contributed by atoms with Gasteiger partial charge in [0.25, 0.3) is 6.43 Å². The molecule has 0 spiro atoms. The highest BCUT2D eigenvalue weighted by molar-refractivity contribution is 7.22. The van der Waals surface area contributed by atoms with Crippen molar-refractivity contribution in [2.45, 2.75) is 68.5 Å². The van der Waals surface area contributed by atoms with Crippen molar-refractivity contribution in [2.75, 3.05) is 43.4 Å². The van der Waals surface area contributed by atoms with Crippen LogP contribution in [0.2, 0.25) is 0 Å². The Balaban J connectivity index is 0.000000529. The molecule has 4 saturated heterocycles. The van der Waals surface area contributed by atoms with Crippen LogP contribution in [0, 0.1) is 11.6 Å². The summed E-state index contributed by atoms with van der Waals surface area (Å²) in [6.07, 6.45) is -5.14. The fourth-order valence-corrected chi connectivity index (χ4v) is 8.54. The average molecular weight is 746 g/mol. The van der Waals surface area contributed by atoms with E-state index in [1.54, 1.807) is 0 Å². The van der Waals surface area contributed by atoms with Crippen molar-refractivity contribution in [1.29, 1.82) is 0 Å². The number of hydrogen-bond acceptors (Lipinski definition) is 10.